The topological polar surface area (TPSA) is 119 Å². The number of nitrogens with zero attached hydrogens (tertiary/aromatic N) is 2. The minimum absolute atomic E-state index is 0.0159. The summed E-state index contributed by atoms with van der Waals surface area (Å²) in [5.74, 6) is -0.595. The molecule has 0 saturated carbocycles. The van der Waals surface area contributed by atoms with Crippen LogP contribution in [-0.2, 0) is 20.9 Å². The summed E-state index contributed by atoms with van der Waals surface area (Å²) in [7, 11) is 0. The Hall–Kier alpha value is -4.76. The highest BCUT2D eigenvalue weighted by Crippen LogP contribution is 2.38. The van der Waals surface area contributed by atoms with Crippen LogP contribution in [0.5, 0.6) is 5.75 Å². The zero-order valence-electron chi connectivity index (χ0n) is 23.2. The predicted molar refractivity (Wildman–Crippen MR) is 157 cm³/mol. The first-order valence-electron chi connectivity index (χ1n) is 13.2. The number of carboxylic acid groups (broad SMARTS) is 1. The molecule has 0 spiro atoms. The third-order valence-electron chi connectivity index (χ3n) is 6.55. The van der Waals surface area contributed by atoms with E-state index in [1.165, 1.54) is 12.1 Å². The summed E-state index contributed by atoms with van der Waals surface area (Å²) in [6, 6.07) is 21.1. The zero-order valence-corrected chi connectivity index (χ0v) is 23.2. The van der Waals surface area contributed by atoms with Gasteiger partial charge in [-0.25, -0.2) is 4.79 Å². The van der Waals surface area contributed by atoms with Gasteiger partial charge in [0.2, 0.25) is 0 Å². The summed E-state index contributed by atoms with van der Waals surface area (Å²) in [4.78, 5) is 37.3. The van der Waals surface area contributed by atoms with E-state index in [2.05, 4.69) is 0 Å². The van der Waals surface area contributed by atoms with Crippen molar-refractivity contribution >= 4 is 34.9 Å². The number of non-ortho nitro benzene ring substituents is 1. The maximum absolute atomic E-state index is 13.6. The first kappa shape index (κ1) is 29.2. The summed E-state index contributed by atoms with van der Waals surface area (Å²) in [6.45, 7) is 5.95. The first-order valence-corrected chi connectivity index (χ1v) is 13.2. The number of carbonyl (C=O) groups is 2. The number of nitro groups is 1. The van der Waals surface area contributed by atoms with Crippen molar-refractivity contribution in [2.24, 2.45) is 5.41 Å². The van der Waals surface area contributed by atoms with Gasteiger partial charge in [-0.1, -0.05) is 69.3 Å². The molecule has 4 rings (SSSR count). The fraction of sp³-hybridized carbons (Fsp3) is 0.250. The minimum Gasteiger partial charge on any atom is -0.491 e. The molecule has 1 aliphatic heterocycles. The molecule has 9 heteroatoms. The maximum Gasteiger partial charge on any atom is 0.333 e. The van der Waals surface area contributed by atoms with Crippen LogP contribution in [-0.4, -0.2) is 41.2 Å². The number of hydrogen-bond donors (Lipinski definition) is 1. The van der Waals surface area contributed by atoms with Crippen molar-refractivity contribution in [2.45, 2.75) is 33.4 Å². The van der Waals surface area contributed by atoms with Crippen LogP contribution in [0.2, 0.25) is 0 Å². The molecule has 1 unspecified atom stereocenters. The van der Waals surface area contributed by atoms with E-state index in [-0.39, 0.29) is 31.4 Å². The van der Waals surface area contributed by atoms with Crippen LogP contribution in [0.25, 0.3) is 11.6 Å². The molecule has 1 amide bonds. The number of carbonyl (C=O) groups excluding carboxylic acids is 1. The molecule has 9 nitrogen and oxygen atoms in total. The fourth-order valence-electron chi connectivity index (χ4n) is 4.54. The molecule has 3 aromatic carbocycles. The van der Waals surface area contributed by atoms with Crippen molar-refractivity contribution in [2.75, 3.05) is 18.1 Å². The van der Waals surface area contributed by atoms with E-state index in [9.17, 15) is 24.8 Å². The van der Waals surface area contributed by atoms with Gasteiger partial charge in [0.1, 0.15) is 12.4 Å². The van der Waals surface area contributed by atoms with E-state index in [1.54, 1.807) is 56.0 Å². The lowest BCUT2D eigenvalue weighted by atomic mass is 9.89. The van der Waals surface area contributed by atoms with Gasteiger partial charge in [0.05, 0.1) is 23.8 Å². The third-order valence-corrected chi connectivity index (χ3v) is 6.55. The highest BCUT2D eigenvalue weighted by Gasteiger charge is 2.33. The minimum atomic E-state index is -1.02. The number of ether oxygens (including phenoxy) is 2. The van der Waals surface area contributed by atoms with Gasteiger partial charge in [0, 0.05) is 28.8 Å². The normalized spacial score (nSPS) is 14.9. The maximum atomic E-state index is 13.6. The van der Waals surface area contributed by atoms with Gasteiger partial charge in [-0.05, 0) is 41.3 Å². The van der Waals surface area contributed by atoms with Crippen LogP contribution in [0.15, 0.2) is 84.9 Å². The fourth-order valence-corrected chi connectivity index (χ4v) is 4.54. The number of anilines is 1. The molecule has 3 aromatic rings. The molecular weight excluding hydrogens is 524 g/mol. The van der Waals surface area contributed by atoms with Crippen molar-refractivity contribution in [1.29, 1.82) is 0 Å². The summed E-state index contributed by atoms with van der Waals surface area (Å²) < 4.78 is 11.5. The van der Waals surface area contributed by atoms with E-state index in [4.69, 9.17) is 9.47 Å². The molecule has 0 saturated heterocycles. The standard InChI is InChI=1S/C32H32N2O7/c1-32(2,3)29(31(36)37)41-20-19-40-28-14-7-4-10-23(28)21-33-27-13-6-5-11-25(27)26(30(33)35)12-8-9-22-15-17-24(18-16-22)34(38)39/h4-18,29H,19-21H2,1-3H3,(H,36,37)/b9-8+,26-12?. The largest absolute Gasteiger partial charge is 0.491 e. The number of allylic oxidation sites excluding steroid dienone is 2. The molecule has 1 atom stereocenters. The molecule has 212 valence electrons. The van der Waals surface area contributed by atoms with Gasteiger partial charge in [0.25, 0.3) is 11.6 Å². The van der Waals surface area contributed by atoms with Crippen LogP contribution in [0, 0.1) is 15.5 Å². The van der Waals surface area contributed by atoms with Crippen molar-refractivity contribution in [3.05, 3.63) is 112 Å². The molecule has 41 heavy (non-hydrogen) atoms. The van der Waals surface area contributed by atoms with E-state index < -0.39 is 22.4 Å². The van der Waals surface area contributed by atoms with E-state index >= 15 is 0 Å². The number of aliphatic carboxylic acids is 1. The number of nitro benzene ring substituents is 1. The Morgan fingerprint density at radius 2 is 1.71 bits per heavy atom. The zero-order chi connectivity index (χ0) is 29.6. The number of rotatable bonds is 11. The van der Waals surface area contributed by atoms with Gasteiger partial charge >= 0.3 is 5.97 Å². The van der Waals surface area contributed by atoms with Crippen LogP contribution < -0.4 is 9.64 Å². The highest BCUT2D eigenvalue weighted by molar-refractivity contribution is 6.32. The Morgan fingerprint density at radius 1 is 1.02 bits per heavy atom. The number of hydrogen-bond acceptors (Lipinski definition) is 6. The average Bonchev–Trinajstić information content (AvgIpc) is 3.19. The number of carboxylic acids is 1. The molecule has 0 fully saturated rings. The van der Waals surface area contributed by atoms with Crippen LogP contribution in [0.1, 0.15) is 37.5 Å². The molecule has 0 aromatic heterocycles. The monoisotopic (exact) mass is 556 g/mol. The van der Waals surface area contributed by atoms with Crippen molar-refractivity contribution < 1.29 is 29.1 Å². The second kappa shape index (κ2) is 12.6. The van der Waals surface area contributed by atoms with Crippen LogP contribution in [0.4, 0.5) is 11.4 Å². The van der Waals surface area contributed by atoms with Crippen molar-refractivity contribution in [3.63, 3.8) is 0 Å². The van der Waals surface area contributed by atoms with Gasteiger partial charge < -0.3 is 19.5 Å². The molecular formula is C32H32N2O7. The number of fused-ring (bicyclic) bond motifs is 1. The Morgan fingerprint density at radius 3 is 2.39 bits per heavy atom. The van der Waals surface area contributed by atoms with Gasteiger partial charge in [-0.15, -0.1) is 0 Å². The smallest absolute Gasteiger partial charge is 0.333 e. The third kappa shape index (κ3) is 7.06. The first-order chi connectivity index (χ1) is 19.6. The number of benzene rings is 3. The molecule has 1 heterocycles. The van der Waals surface area contributed by atoms with Crippen molar-refractivity contribution in [3.8, 4) is 5.75 Å². The second-order valence-electron chi connectivity index (χ2n) is 10.6. The summed E-state index contributed by atoms with van der Waals surface area (Å²) >= 11 is 0. The van der Waals surface area contributed by atoms with E-state index in [0.717, 1.165) is 22.4 Å². The molecule has 0 radical (unpaired) electrons. The lowest BCUT2D eigenvalue weighted by Crippen LogP contribution is -2.37. The van der Waals surface area contributed by atoms with Crippen LogP contribution in [0.3, 0.4) is 0 Å². The SMILES string of the molecule is CC(C)(C)C(OCCOc1ccccc1CN1C(=O)C(=C/C=C/c2ccc([N+](=O)[O-])cc2)c2ccccc21)C(=O)O. The van der Waals surface area contributed by atoms with Gasteiger partial charge in [0.15, 0.2) is 6.10 Å². The highest BCUT2D eigenvalue weighted by atomic mass is 16.6. The summed E-state index contributed by atoms with van der Waals surface area (Å²) in [6.07, 6.45) is 4.33. The Labute approximate surface area is 238 Å². The van der Waals surface area contributed by atoms with Gasteiger partial charge in [-0.3, -0.25) is 14.9 Å². The molecule has 0 aliphatic carbocycles. The molecule has 0 bridgehead atoms. The van der Waals surface area contributed by atoms with Crippen molar-refractivity contribution in [1.82, 2.24) is 0 Å². The van der Waals surface area contributed by atoms with E-state index in [0.29, 0.717) is 11.3 Å². The van der Waals surface area contributed by atoms with E-state index in [1.807, 2.05) is 48.5 Å². The Bertz CT molecular complexity index is 1490. The quantitative estimate of drug-likeness (QED) is 0.131. The summed E-state index contributed by atoms with van der Waals surface area (Å²) in [5.41, 5.74) is 3.14. The lowest BCUT2D eigenvalue weighted by molar-refractivity contribution is -0.384. The Kier molecular flexibility index (Phi) is 8.99. The number of amides is 1. The molecule has 1 N–H and O–H groups in total. The van der Waals surface area contributed by atoms with Crippen LogP contribution >= 0.6 is 0 Å². The average molecular weight is 557 g/mol. The molecule has 1 aliphatic rings. The Balaban J connectivity index is 1.47. The number of para-hydroxylation sites is 2. The van der Waals surface area contributed by atoms with Gasteiger partial charge in [-0.2, -0.15) is 0 Å². The predicted octanol–water partition coefficient (Wildman–Crippen LogP) is 6.13. The summed E-state index contributed by atoms with van der Waals surface area (Å²) in [5, 5.41) is 20.3. The lowest BCUT2D eigenvalue weighted by Gasteiger charge is -2.27. The second-order valence-corrected chi connectivity index (χ2v) is 10.6.